The number of nitrogens with one attached hydrogen (secondary N) is 1. The predicted octanol–water partition coefficient (Wildman–Crippen LogP) is 1.43. The highest BCUT2D eigenvalue weighted by molar-refractivity contribution is 7.89. The highest BCUT2D eigenvalue weighted by atomic mass is 32.2. The molecule has 0 radical (unpaired) electrons. The van der Waals surface area contributed by atoms with Crippen LogP contribution in [0.3, 0.4) is 0 Å². The Hall–Kier alpha value is -0.980. The molecule has 0 bridgehead atoms. The molecule has 102 valence electrons. The van der Waals surface area contributed by atoms with Gasteiger partial charge in [0.15, 0.2) is 0 Å². The van der Waals surface area contributed by atoms with Gasteiger partial charge in [0.05, 0.1) is 0 Å². The summed E-state index contributed by atoms with van der Waals surface area (Å²) in [6.45, 7) is 4.89. The second kappa shape index (κ2) is 5.77. The third kappa shape index (κ3) is 3.51. The number of aliphatic hydroxyl groups excluding tert-OH is 1. The van der Waals surface area contributed by atoms with Crippen molar-refractivity contribution in [2.75, 3.05) is 6.61 Å². The van der Waals surface area contributed by atoms with Gasteiger partial charge in [-0.25, -0.2) is 17.5 Å². The topological polar surface area (TPSA) is 66.4 Å². The van der Waals surface area contributed by atoms with E-state index in [1.807, 2.05) is 0 Å². The van der Waals surface area contributed by atoms with E-state index in [9.17, 15) is 12.8 Å². The van der Waals surface area contributed by atoms with Gasteiger partial charge in [-0.3, -0.25) is 0 Å². The van der Waals surface area contributed by atoms with Gasteiger partial charge >= 0.3 is 0 Å². The highest BCUT2D eigenvalue weighted by Gasteiger charge is 2.23. The maximum atomic E-state index is 13.5. The van der Waals surface area contributed by atoms with Crippen LogP contribution in [0.2, 0.25) is 0 Å². The van der Waals surface area contributed by atoms with Crippen molar-refractivity contribution in [3.05, 3.63) is 29.6 Å². The van der Waals surface area contributed by atoms with Gasteiger partial charge in [-0.1, -0.05) is 13.0 Å². The number of rotatable bonds is 5. The fourth-order valence-corrected chi connectivity index (χ4v) is 2.91. The molecule has 18 heavy (non-hydrogen) atoms. The Bertz CT molecular complexity index is 516. The molecule has 2 N–H and O–H groups in total. The summed E-state index contributed by atoms with van der Waals surface area (Å²) < 4.78 is 39.9. The summed E-state index contributed by atoms with van der Waals surface area (Å²) in [6, 6.07) is 3.45. The molecule has 0 saturated heterocycles. The SMILES string of the molecule is Cc1ccc(F)c(S(=O)(=O)NC(C)C(C)CO)c1. The van der Waals surface area contributed by atoms with Crippen LogP contribution in [0.25, 0.3) is 0 Å². The van der Waals surface area contributed by atoms with Crippen molar-refractivity contribution in [3.63, 3.8) is 0 Å². The summed E-state index contributed by atoms with van der Waals surface area (Å²) >= 11 is 0. The Morgan fingerprint density at radius 3 is 2.56 bits per heavy atom. The monoisotopic (exact) mass is 275 g/mol. The lowest BCUT2D eigenvalue weighted by molar-refractivity contribution is 0.216. The van der Waals surface area contributed by atoms with Crippen molar-refractivity contribution in [2.24, 2.45) is 5.92 Å². The minimum Gasteiger partial charge on any atom is -0.396 e. The van der Waals surface area contributed by atoms with E-state index in [2.05, 4.69) is 4.72 Å². The van der Waals surface area contributed by atoms with Crippen LogP contribution < -0.4 is 4.72 Å². The standard InChI is InChI=1S/C12H18FNO3S/c1-8-4-5-11(13)12(6-8)18(16,17)14-10(3)9(2)7-15/h4-6,9-10,14-15H,7H2,1-3H3. The minimum atomic E-state index is -3.90. The molecule has 1 aromatic carbocycles. The molecule has 0 aromatic heterocycles. The first-order valence-corrected chi connectivity index (χ1v) is 7.15. The fraction of sp³-hybridized carbons (Fsp3) is 0.500. The zero-order valence-electron chi connectivity index (χ0n) is 10.6. The molecule has 2 unspecified atom stereocenters. The van der Waals surface area contributed by atoms with Crippen molar-refractivity contribution in [1.29, 1.82) is 0 Å². The number of aliphatic hydroxyl groups is 1. The molecular weight excluding hydrogens is 257 g/mol. The fourth-order valence-electron chi connectivity index (χ4n) is 1.40. The zero-order valence-corrected chi connectivity index (χ0v) is 11.5. The van der Waals surface area contributed by atoms with Gasteiger partial charge < -0.3 is 5.11 Å². The minimum absolute atomic E-state index is 0.139. The smallest absolute Gasteiger partial charge is 0.243 e. The Balaban J connectivity index is 3.03. The van der Waals surface area contributed by atoms with Crippen molar-refractivity contribution in [1.82, 2.24) is 4.72 Å². The quantitative estimate of drug-likeness (QED) is 0.854. The van der Waals surface area contributed by atoms with Gasteiger partial charge in [0.25, 0.3) is 0 Å². The van der Waals surface area contributed by atoms with Crippen molar-refractivity contribution in [2.45, 2.75) is 31.7 Å². The van der Waals surface area contributed by atoms with Gasteiger partial charge in [0.1, 0.15) is 10.7 Å². The molecule has 4 nitrogen and oxygen atoms in total. The van der Waals surface area contributed by atoms with Gasteiger partial charge in [0, 0.05) is 12.6 Å². The van der Waals surface area contributed by atoms with E-state index in [1.165, 1.54) is 12.1 Å². The Morgan fingerprint density at radius 1 is 1.39 bits per heavy atom. The molecule has 1 rings (SSSR count). The lowest BCUT2D eigenvalue weighted by Crippen LogP contribution is -2.38. The molecular formula is C12H18FNO3S. The lowest BCUT2D eigenvalue weighted by atomic mass is 10.1. The number of hydrogen-bond donors (Lipinski definition) is 2. The van der Waals surface area contributed by atoms with Crippen LogP contribution >= 0.6 is 0 Å². The molecule has 0 saturated carbocycles. The molecule has 1 aromatic rings. The molecule has 0 heterocycles. The third-order valence-electron chi connectivity index (χ3n) is 2.86. The van der Waals surface area contributed by atoms with Crippen LogP contribution in [0.4, 0.5) is 4.39 Å². The largest absolute Gasteiger partial charge is 0.396 e. The average molecular weight is 275 g/mol. The molecule has 0 aliphatic carbocycles. The molecule has 0 aliphatic heterocycles. The summed E-state index contributed by atoms with van der Waals surface area (Å²) in [5.74, 6) is -1.02. The zero-order chi connectivity index (χ0) is 13.9. The number of halogens is 1. The van der Waals surface area contributed by atoms with E-state index in [4.69, 9.17) is 5.11 Å². The second-order valence-corrected chi connectivity index (χ2v) is 6.19. The van der Waals surface area contributed by atoms with E-state index in [0.29, 0.717) is 5.56 Å². The van der Waals surface area contributed by atoms with Crippen molar-refractivity contribution in [3.8, 4) is 0 Å². The Kier molecular flexibility index (Phi) is 4.84. The maximum absolute atomic E-state index is 13.5. The molecule has 2 atom stereocenters. The first-order chi connectivity index (χ1) is 8.27. The van der Waals surface area contributed by atoms with Gasteiger partial charge in [-0.15, -0.1) is 0 Å². The highest BCUT2D eigenvalue weighted by Crippen LogP contribution is 2.17. The summed E-state index contributed by atoms with van der Waals surface area (Å²) in [4.78, 5) is -0.362. The normalized spacial score (nSPS) is 15.4. The van der Waals surface area contributed by atoms with Gasteiger partial charge in [-0.05, 0) is 37.5 Å². The molecule has 0 aliphatic rings. The predicted molar refractivity (Wildman–Crippen MR) is 67.2 cm³/mol. The molecule has 0 spiro atoms. The summed E-state index contributed by atoms with van der Waals surface area (Å²) in [5.41, 5.74) is 0.666. The van der Waals surface area contributed by atoms with Crippen LogP contribution in [0.15, 0.2) is 23.1 Å². The molecule has 6 heteroatoms. The van der Waals surface area contributed by atoms with Crippen LogP contribution in [-0.4, -0.2) is 26.2 Å². The number of benzene rings is 1. The summed E-state index contributed by atoms with van der Waals surface area (Å²) in [7, 11) is -3.90. The second-order valence-electron chi connectivity index (χ2n) is 4.50. The maximum Gasteiger partial charge on any atom is 0.243 e. The third-order valence-corrected chi connectivity index (χ3v) is 4.43. The Labute approximate surface area is 107 Å². The van der Waals surface area contributed by atoms with Gasteiger partial charge in [-0.2, -0.15) is 0 Å². The van der Waals surface area contributed by atoms with E-state index in [0.717, 1.165) is 6.07 Å². The Morgan fingerprint density at radius 2 is 2.00 bits per heavy atom. The number of sulfonamides is 1. The summed E-state index contributed by atoms with van der Waals surface area (Å²) in [6.07, 6.45) is 0. The van der Waals surface area contributed by atoms with E-state index in [1.54, 1.807) is 20.8 Å². The number of hydrogen-bond acceptors (Lipinski definition) is 3. The average Bonchev–Trinajstić information content (AvgIpc) is 2.30. The number of aryl methyl sites for hydroxylation is 1. The van der Waals surface area contributed by atoms with Gasteiger partial charge in [0.2, 0.25) is 10.0 Å². The van der Waals surface area contributed by atoms with Crippen LogP contribution in [0.1, 0.15) is 19.4 Å². The lowest BCUT2D eigenvalue weighted by Gasteiger charge is -2.19. The first-order valence-electron chi connectivity index (χ1n) is 5.67. The van der Waals surface area contributed by atoms with Crippen LogP contribution in [0, 0.1) is 18.7 Å². The summed E-state index contributed by atoms with van der Waals surface area (Å²) in [5, 5.41) is 8.96. The van der Waals surface area contributed by atoms with Crippen LogP contribution in [0.5, 0.6) is 0 Å². The van der Waals surface area contributed by atoms with Crippen molar-refractivity contribution >= 4 is 10.0 Å². The van der Waals surface area contributed by atoms with E-state index >= 15 is 0 Å². The molecule has 0 amide bonds. The molecule has 0 fully saturated rings. The van der Waals surface area contributed by atoms with Crippen molar-refractivity contribution < 1.29 is 17.9 Å². The first kappa shape index (κ1) is 15.1. The van der Waals surface area contributed by atoms with E-state index in [-0.39, 0.29) is 17.4 Å². The van der Waals surface area contributed by atoms with Crippen LogP contribution in [-0.2, 0) is 10.0 Å². The van der Waals surface area contributed by atoms with E-state index < -0.39 is 21.9 Å².